The summed E-state index contributed by atoms with van der Waals surface area (Å²) in [6.45, 7) is 9.17. The van der Waals surface area contributed by atoms with E-state index in [0.29, 0.717) is 36.0 Å². The molecule has 0 aliphatic carbocycles. The van der Waals surface area contributed by atoms with E-state index in [1.165, 1.54) is 12.8 Å². The molecular weight excluding hydrogens is 428 g/mol. The average molecular weight is 461 g/mol. The van der Waals surface area contributed by atoms with Crippen LogP contribution in [-0.2, 0) is 0 Å². The number of hydrogen-bond acceptors (Lipinski definition) is 6. The third-order valence-corrected chi connectivity index (χ3v) is 5.98. The Labute approximate surface area is 201 Å². The van der Waals surface area contributed by atoms with Crippen LogP contribution in [0.1, 0.15) is 44.0 Å². The first-order valence-electron chi connectivity index (χ1n) is 12.0. The number of nitrogens with one attached hydrogen (secondary N) is 1. The first-order chi connectivity index (χ1) is 16.6. The molecule has 178 valence electrons. The average Bonchev–Trinajstić information content (AvgIpc) is 2.86. The second-order valence-corrected chi connectivity index (χ2v) is 8.51. The Hall–Kier alpha value is -3.61. The fourth-order valence-corrected chi connectivity index (χ4v) is 4.04. The van der Waals surface area contributed by atoms with Crippen molar-refractivity contribution in [3.05, 3.63) is 60.2 Å². The summed E-state index contributed by atoms with van der Waals surface area (Å²) in [7, 11) is 0. The van der Waals surface area contributed by atoms with E-state index < -0.39 is 0 Å². The van der Waals surface area contributed by atoms with Gasteiger partial charge in [0.2, 0.25) is 0 Å². The van der Waals surface area contributed by atoms with Gasteiger partial charge >= 0.3 is 0 Å². The molecule has 4 rings (SSSR count). The third kappa shape index (κ3) is 5.65. The Morgan fingerprint density at radius 1 is 0.971 bits per heavy atom. The lowest BCUT2D eigenvalue weighted by atomic mass is 9.99. The van der Waals surface area contributed by atoms with Crippen LogP contribution < -0.4 is 19.7 Å². The lowest BCUT2D eigenvalue weighted by Gasteiger charge is -2.30. The van der Waals surface area contributed by atoms with Crippen LogP contribution in [0.25, 0.3) is 11.3 Å². The van der Waals surface area contributed by atoms with E-state index in [9.17, 15) is 4.79 Å². The molecule has 1 aliphatic rings. The van der Waals surface area contributed by atoms with Gasteiger partial charge in [-0.1, -0.05) is 19.1 Å². The zero-order chi connectivity index (χ0) is 23.9. The molecule has 0 atom stereocenters. The number of rotatable bonds is 8. The highest BCUT2D eigenvalue weighted by molar-refractivity contribution is 6.04. The molecule has 1 aromatic heterocycles. The predicted octanol–water partition coefficient (Wildman–Crippen LogP) is 5.43. The molecule has 0 bridgehead atoms. The van der Waals surface area contributed by atoms with Crippen molar-refractivity contribution in [3.8, 4) is 22.8 Å². The molecule has 2 aromatic carbocycles. The lowest BCUT2D eigenvalue weighted by molar-refractivity contribution is 0.102. The van der Waals surface area contributed by atoms with E-state index in [1.54, 1.807) is 18.2 Å². The van der Waals surface area contributed by atoms with E-state index in [-0.39, 0.29) is 5.91 Å². The molecular formula is C27H32N4O3. The molecule has 1 N–H and O–H groups in total. The molecule has 0 saturated carbocycles. The number of ether oxygens (including phenoxy) is 2. The standard InChI is InChI=1S/C27H32N4O3/c1-4-33-24-11-9-21(18-25(24)34-5-2)27(32)28-22-8-6-7-20(17-22)23-10-12-26(30-29-23)31-15-13-19(3)14-16-31/h6-12,17-19H,4-5,13-16H2,1-3H3,(H,28,32). The monoisotopic (exact) mass is 460 g/mol. The number of hydrogen-bond donors (Lipinski definition) is 1. The highest BCUT2D eigenvalue weighted by Crippen LogP contribution is 2.29. The summed E-state index contributed by atoms with van der Waals surface area (Å²) < 4.78 is 11.2. The normalized spacial score (nSPS) is 14.0. The van der Waals surface area contributed by atoms with E-state index in [2.05, 4.69) is 27.3 Å². The van der Waals surface area contributed by atoms with Gasteiger partial charge in [0.25, 0.3) is 5.91 Å². The Balaban J connectivity index is 1.46. The lowest BCUT2D eigenvalue weighted by Crippen LogP contribution is -2.33. The number of aromatic nitrogens is 2. The van der Waals surface area contributed by atoms with Crippen molar-refractivity contribution in [3.63, 3.8) is 0 Å². The molecule has 1 amide bonds. The van der Waals surface area contributed by atoms with Gasteiger partial charge in [-0.25, -0.2) is 0 Å². The van der Waals surface area contributed by atoms with Crippen LogP contribution in [0.2, 0.25) is 0 Å². The number of anilines is 2. The maximum Gasteiger partial charge on any atom is 0.255 e. The quantitative estimate of drug-likeness (QED) is 0.483. The van der Waals surface area contributed by atoms with Crippen molar-refractivity contribution in [1.82, 2.24) is 10.2 Å². The molecule has 0 unspecified atom stereocenters. The SMILES string of the molecule is CCOc1ccc(C(=O)Nc2cccc(-c3ccc(N4CCC(C)CC4)nn3)c2)cc1OCC. The summed E-state index contributed by atoms with van der Waals surface area (Å²) >= 11 is 0. The molecule has 0 spiro atoms. The second-order valence-electron chi connectivity index (χ2n) is 8.51. The highest BCUT2D eigenvalue weighted by Gasteiger charge is 2.17. The minimum Gasteiger partial charge on any atom is -0.490 e. The van der Waals surface area contributed by atoms with Gasteiger partial charge in [-0.15, -0.1) is 10.2 Å². The smallest absolute Gasteiger partial charge is 0.255 e. The van der Waals surface area contributed by atoms with Gasteiger partial charge in [0.1, 0.15) is 0 Å². The summed E-state index contributed by atoms with van der Waals surface area (Å²) in [4.78, 5) is 15.2. The van der Waals surface area contributed by atoms with E-state index >= 15 is 0 Å². The first kappa shape index (κ1) is 23.5. The van der Waals surface area contributed by atoms with Crippen LogP contribution >= 0.6 is 0 Å². The van der Waals surface area contributed by atoms with Gasteiger partial charge in [0.15, 0.2) is 17.3 Å². The molecule has 1 fully saturated rings. The van der Waals surface area contributed by atoms with Crippen LogP contribution in [0, 0.1) is 5.92 Å². The number of carbonyl (C=O) groups is 1. The van der Waals surface area contributed by atoms with Crippen LogP contribution in [0.4, 0.5) is 11.5 Å². The van der Waals surface area contributed by atoms with E-state index in [1.807, 2.05) is 50.2 Å². The summed E-state index contributed by atoms with van der Waals surface area (Å²) in [6.07, 6.45) is 2.37. The van der Waals surface area contributed by atoms with Crippen molar-refractivity contribution >= 4 is 17.4 Å². The fourth-order valence-electron chi connectivity index (χ4n) is 4.04. The molecule has 0 radical (unpaired) electrons. The third-order valence-electron chi connectivity index (χ3n) is 5.98. The topological polar surface area (TPSA) is 76.6 Å². The fraction of sp³-hybridized carbons (Fsp3) is 0.370. The van der Waals surface area contributed by atoms with Crippen molar-refractivity contribution in [2.75, 3.05) is 36.5 Å². The largest absolute Gasteiger partial charge is 0.490 e. The number of amides is 1. The van der Waals surface area contributed by atoms with Gasteiger partial charge in [0.05, 0.1) is 18.9 Å². The van der Waals surface area contributed by atoms with Crippen molar-refractivity contribution in [2.45, 2.75) is 33.6 Å². The Morgan fingerprint density at radius 2 is 1.74 bits per heavy atom. The molecule has 1 aliphatic heterocycles. The van der Waals surface area contributed by atoms with E-state index in [4.69, 9.17) is 9.47 Å². The van der Waals surface area contributed by atoms with Gasteiger partial charge < -0.3 is 19.7 Å². The molecule has 1 saturated heterocycles. The maximum absolute atomic E-state index is 12.9. The van der Waals surface area contributed by atoms with E-state index in [0.717, 1.165) is 36.1 Å². The van der Waals surface area contributed by atoms with Gasteiger partial charge in [-0.2, -0.15) is 0 Å². The Kier molecular flexibility index (Phi) is 7.62. The highest BCUT2D eigenvalue weighted by atomic mass is 16.5. The molecule has 3 aromatic rings. The minimum atomic E-state index is -0.220. The zero-order valence-electron chi connectivity index (χ0n) is 20.1. The molecule has 7 heteroatoms. The van der Waals surface area contributed by atoms with Gasteiger partial charge in [-0.05, 0) is 75.1 Å². The second kappa shape index (κ2) is 11.0. The van der Waals surface area contributed by atoms with Crippen LogP contribution in [0.15, 0.2) is 54.6 Å². The summed E-state index contributed by atoms with van der Waals surface area (Å²) in [5.74, 6) is 2.66. The number of carbonyl (C=O) groups excluding carboxylic acids is 1. The van der Waals surface area contributed by atoms with Crippen LogP contribution in [-0.4, -0.2) is 42.4 Å². The van der Waals surface area contributed by atoms with Gasteiger partial charge in [0, 0.05) is 29.9 Å². The van der Waals surface area contributed by atoms with Crippen LogP contribution in [0.3, 0.4) is 0 Å². The summed E-state index contributed by atoms with van der Waals surface area (Å²) in [5, 5.41) is 11.9. The molecule has 2 heterocycles. The summed E-state index contributed by atoms with van der Waals surface area (Å²) in [5.41, 5.74) is 2.85. The van der Waals surface area contributed by atoms with Crippen molar-refractivity contribution in [2.24, 2.45) is 5.92 Å². The molecule has 34 heavy (non-hydrogen) atoms. The minimum absolute atomic E-state index is 0.220. The first-order valence-corrected chi connectivity index (χ1v) is 12.0. The zero-order valence-corrected chi connectivity index (χ0v) is 20.1. The Morgan fingerprint density at radius 3 is 2.44 bits per heavy atom. The van der Waals surface area contributed by atoms with Crippen molar-refractivity contribution < 1.29 is 14.3 Å². The van der Waals surface area contributed by atoms with Crippen molar-refractivity contribution in [1.29, 1.82) is 0 Å². The summed E-state index contributed by atoms with van der Waals surface area (Å²) in [6, 6.07) is 16.8. The molecule has 7 nitrogen and oxygen atoms in total. The predicted molar refractivity (Wildman–Crippen MR) is 135 cm³/mol. The number of piperidine rings is 1. The Bertz CT molecular complexity index is 1110. The number of benzene rings is 2. The maximum atomic E-state index is 12.9. The van der Waals surface area contributed by atoms with Gasteiger partial charge in [-0.3, -0.25) is 4.79 Å². The van der Waals surface area contributed by atoms with Crippen LogP contribution in [0.5, 0.6) is 11.5 Å². The number of nitrogens with zero attached hydrogens (tertiary/aromatic N) is 3.